The van der Waals surface area contributed by atoms with E-state index < -0.39 is 11.9 Å². The van der Waals surface area contributed by atoms with Crippen molar-refractivity contribution in [3.8, 4) is 33.4 Å². The largest absolute Gasteiger partial charge is 0.462 e. The van der Waals surface area contributed by atoms with Gasteiger partial charge in [0.15, 0.2) is 0 Å². The quantitative estimate of drug-likeness (QED) is 0.392. The number of hydrogen-bond donors (Lipinski definition) is 0. The van der Waals surface area contributed by atoms with Gasteiger partial charge in [0.2, 0.25) is 0 Å². The van der Waals surface area contributed by atoms with E-state index in [-0.39, 0.29) is 13.2 Å². The molecule has 0 atom stereocenters. The van der Waals surface area contributed by atoms with Gasteiger partial charge in [-0.05, 0) is 65.4 Å². The zero-order valence-corrected chi connectivity index (χ0v) is 17.0. The first kappa shape index (κ1) is 19.6. The highest BCUT2D eigenvalue weighted by atomic mass is 16.5. The molecule has 0 aromatic carbocycles. The summed E-state index contributed by atoms with van der Waals surface area (Å²) >= 11 is 0. The molecule has 0 saturated heterocycles. The van der Waals surface area contributed by atoms with Crippen LogP contribution in [0.3, 0.4) is 0 Å². The third-order valence-electron chi connectivity index (χ3n) is 5.07. The van der Waals surface area contributed by atoms with Crippen LogP contribution in [0.25, 0.3) is 33.4 Å². The summed E-state index contributed by atoms with van der Waals surface area (Å²) in [5.74, 6) is -0.894. The second-order valence-corrected chi connectivity index (χ2v) is 6.93. The van der Waals surface area contributed by atoms with Gasteiger partial charge in [-0.15, -0.1) is 0 Å². The van der Waals surface area contributed by atoms with Crippen LogP contribution in [-0.4, -0.2) is 25.2 Å². The first-order chi connectivity index (χ1) is 14.6. The summed E-state index contributed by atoms with van der Waals surface area (Å²) in [6.07, 6.45) is 0. The smallest absolute Gasteiger partial charge is 0.338 e. The average molecular weight is 398 g/mol. The van der Waals surface area contributed by atoms with Gasteiger partial charge in [-0.25, -0.2) is 9.59 Å². The van der Waals surface area contributed by atoms with Crippen LogP contribution in [0.2, 0.25) is 0 Å². The number of carbonyl (C=O) groups is 2. The van der Waals surface area contributed by atoms with E-state index in [2.05, 4.69) is 24.3 Å². The molecular formula is C26H22O4. The van der Waals surface area contributed by atoms with Crippen molar-refractivity contribution in [3.63, 3.8) is 0 Å². The van der Waals surface area contributed by atoms with E-state index in [0.29, 0.717) is 22.3 Å². The lowest BCUT2D eigenvalue weighted by Crippen LogP contribution is -2.05. The first-order valence-electron chi connectivity index (χ1n) is 10.0. The van der Waals surface area contributed by atoms with Gasteiger partial charge in [-0.2, -0.15) is 0 Å². The predicted molar refractivity (Wildman–Crippen MR) is 117 cm³/mol. The van der Waals surface area contributed by atoms with Crippen LogP contribution in [-0.2, 0) is 9.47 Å². The van der Waals surface area contributed by atoms with Gasteiger partial charge in [-0.3, -0.25) is 0 Å². The number of fused-ring (bicyclic) bond motifs is 2. The molecule has 0 unspecified atom stereocenters. The molecular weight excluding hydrogens is 376 g/mol. The molecule has 0 aromatic rings. The highest BCUT2D eigenvalue weighted by Gasteiger charge is 2.25. The molecule has 4 aliphatic carbocycles. The van der Waals surface area contributed by atoms with Gasteiger partial charge >= 0.3 is 11.9 Å². The molecule has 30 heavy (non-hydrogen) atoms. The summed E-state index contributed by atoms with van der Waals surface area (Å²) < 4.78 is 10.4. The summed E-state index contributed by atoms with van der Waals surface area (Å²) in [4.78, 5) is 25.0. The van der Waals surface area contributed by atoms with Crippen molar-refractivity contribution in [2.24, 2.45) is 0 Å². The second-order valence-electron chi connectivity index (χ2n) is 6.93. The zero-order valence-electron chi connectivity index (χ0n) is 17.0. The molecule has 4 nitrogen and oxygen atoms in total. The molecule has 0 radical (unpaired) electrons. The van der Waals surface area contributed by atoms with Crippen molar-refractivity contribution in [3.05, 3.63) is 83.9 Å². The zero-order chi connectivity index (χ0) is 21.1. The SMILES string of the molecule is CCOC(=O)c1cc(C(=O)OCC)c2ccc(-c3cc4cccccc-4c3)ccc1-2. The van der Waals surface area contributed by atoms with Crippen LogP contribution in [0.5, 0.6) is 0 Å². The van der Waals surface area contributed by atoms with Crippen molar-refractivity contribution in [2.75, 3.05) is 13.2 Å². The lowest BCUT2D eigenvalue weighted by atomic mass is 10.1. The molecule has 0 bridgehead atoms. The number of ether oxygens (including phenoxy) is 2. The molecule has 0 aliphatic heterocycles. The summed E-state index contributed by atoms with van der Waals surface area (Å²) in [5.41, 5.74) is 6.46. The topological polar surface area (TPSA) is 52.6 Å². The van der Waals surface area contributed by atoms with Crippen LogP contribution < -0.4 is 0 Å². The van der Waals surface area contributed by atoms with Crippen LogP contribution in [0, 0.1) is 0 Å². The summed E-state index contributed by atoms with van der Waals surface area (Å²) in [7, 11) is 0. The third-order valence-corrected chi connectivity index (χ3v) is 5.07. The van der Waals surface area contributed by atoms with Gasteiger partial charge in [0.25, 0.3) is 0 Å². The predicted octanol–water partition coefficient (Wildman–Crippen LogP) is 5.92. The molecule has 0 fully saturated rings. The van der Waals surface area contributed by atoms with Crippen molar-refractivity contribution in [1.82, 2.24) is 0 Å². The summed E-state index contributed by atoms with van der Waals surface area (Å²) in [6.45, 7) is 4.05. The lowest BCUT2D eigenvalue weighted by molar-refractivity contribution is 0.0525. The minimum atomic E-state index is -0.447. The fourth-order valence-electron chi connectivity index (χ4n) is 3.68. The van der Waals surface area contributed by atoms with Gasteiger partial charge in [0.1, 0.15) is 0 Å². The van der Waals surface area contributed by atoms with Gasteiger partial charge in [-0.1, -0.05) is 54.6 Å². The second kappa shape index (κ2) is 8.37. The Labute approximate surface area is 175 Å². The molecule has 4 aliphatic rings. The van der Waals surface area contributed by atoms with E-state index in [1.165, 1.54) is 0 Å². The summed E-state index contributed by atoms with van der Waals surface area (Å²) in [5, 5.41) is 0. The number of hydrogen-bond acceptors (Lipinski definition) is 4. The third kappa shape index (κ3) is 3.64. The first-order valence-corrected chi connectivity index (χ1v) is 10.0. The standard InChI is InChI=1S/C26H22O4/c1-3-29-25(27)23-16-24(26(28)30-4-2)22-13-11-17(10-12-21(22)23)20-14-18-8-6-5-7-9-19(18)15-20/h5-16H,3-4H2,1-2H3. The monoisotopic (exact) mass is 398 g/mol. The molecule has 0 spiro atoms. The highest BCUT2D eigenvalue weighted by Crippen LogP contribution is 2.36. The Morgan fingerprint density at radius 1 is 0.600 bits per heavy atom. The van der Waals surface area contributed by atoms with Crippen molar-refractivity contribution >= 4 is 11.9 Å². The van der Waals surface area contributed by atoms with Gasteiger partial charge in [0.05, 0.1) is 24.3 Å². The van der Waals surface area contributed by atoms with E-state index in [4.69, 9.17) is 9.47 Å². The van der Waals surface area contributed by atoms with Crippen LogP contribution in [0.15, 0.2) is 72.8 Å². The van der Waals surface area contributed by atoms with Crippen molar-refractivity contribution in [2.45, 2.75) is 13.8 Å². The summed E-state index contributed by atoms with van der Waals surface area (Å²) in [6, 6.07) is 23.7. The maximum atomic E-state index is 12.5. The lowest BCUT2D eigenvalue weighted by Gasteiger charge is -2.02. The Bertz CT molecular complexity index is 1080. The fraction of sp³-hybridized carbons (Fsp3) is 0.154. The van der Waals surface area contributed by atoms with Crippen molar-refractivity contribution in [1.29, 1.82) is 0 Å². The molecule has 0 amide bonds. The molecule has 0 saturated carbocycles. The van der Waals surface area contributed by atoms with Crippen LogP contribution >= 0.6 is 0 Å². The molecule has 0 N–H and O–H groups in total. The Morgan fingerprint density at radius 3 is 1.57 bits per heavy atom. The molecule has 0 aromatic heterocycles. The normalized spacial score (nSPS) is 10.9. The Kier molecular flexibility index (Phi) is 5.48. The van der Waals surface area contributed by atoms with E-state index in [1.807, 2.05) is 42.5 Å². The Hall–Kier alpha value is -3.66. The average Bonchev–Trinajstić information content (AvgIpc) is 3.13. The minimum absolute atomic E-state index is 0.266. The Morgan fingerprint density at radius 2 is 1.10 bits per heavy atom. The van der Waals surface area contributed by atoms with E-state index in [1.54, 1.807) is 19.9 Å². The maximum absolute atomic E-state index is 12.5. The minimum Gasteiger partial charge on any atom is -0.462 e. The molecule has 4 rings (SSSR count). The number of rotatable bonds is 5. The van der Waals surface area contributed by atoms with E-state index >= 15 is 0 Å². The fourth-order valence-corrected chi connectivity index (χ4v) is 3.68. The van der Waals surface area contributed by atoms with Gasteiger partial charge < -0.3 is 9.47 Å². The Balaban J connectivity index is 1.86. The molecule has 4 heteroatoms. The van der Waals surface area contributed by atoms with Gasteiger partial charge in [0, 0.05) is 0 Å². The maximum Gasteiger partial charge on any atom is 0.338 e. The van der Waals surface area contributed by atoms with Crippen LogP contribution in [0.1, 0.15) is 34.6 Å². The van der Waals surface area contributed by atoms with E-state index in [0.717, 1.165) is 22.3 Å². The van der Waals surface area contributed by atoms with Crippen molar-refractivity contribution < 1.29 is 19.1 Å². The highest BCUT2D eigenvalue weighted by molar-refractivity contribution is 6.08. The van der Waals surface area contributed by atoms with E-state index in [9.17, 15) is 9.59 Å². The number of esters is 2. The molecule has 150 valence electrons. The van der Waals surface area contributed by atoms with Crippen LogP contribution in [0.4, 0.5) is 0 Å². The molecule has 0 heterocycles. The number of carbonyl (C=O) groups excluding carboxylic acids is 2.